The van der Waals surface area contributed by atoms with Gasteiger partial charge < -0.3 is 24.8 Å². The molecule has 4 heteroatoms. The summed E-state index contributed by atoms with van der Waals surface area (Å²) in [6, 6.07) is 19.4. The maximum absolute atomic E-state index is 2.99. The van der Waals surface area contributed by atoms with Gasteiger partial charge in [0.15, 0.2) is 0 Å². The van der Waals surface area contributed by atoms with Crippen LogP contribution in [0.5, 0.6) is 0 Å². The average Bonchev–Trinajstić information content (AvgIpc) is 3.15. The predicted octanol–water partition coefficient (Wildman–Crippen LogP) is 2.16. The fraction of sp³-hybridized carbons (Fsp3) is 0.393. The molecule has 1 aliphatic carbocycles. The summed E-state index contributed by atoms with van der Waals surface area (Å²) in [7, 11) is 0. The monoisotopic (exact) mass is 558 g/mol. The van der Waals surface area contributed by atoms with Gasteiger partial charge in [-0.25, -0.2) is 12.2 Å². The molecule has 0 radical (unpaired) electrons. The predicted molar refractivity (Wildman–Crippen MR) is 131 cm³/mol. The van der Waals surface area contributed by atoms with Gasteiger partial charge in [-0.15, -0.1) is 46.2 Å². The molecule has 3 aromatic rings. The molecular formula is C28H34Cl2SiZr-2. The first-order valence-corrected chi connectivity index (χ1v) is 16.6. The molecule has 0 atom stereocenters. The third-order valence-corrected chi connectivity index (χ3v) is 10.2. The van der Waals surface area contributed by atoms with E-state index < -0.39 is 0 Å². The van der Waals surface area contributed by atoms with Crippen molar-refractivity contribution in [2.75, 3.05) is 0 Å². The normalized spacial score (nSPS) is 14.2. The van der Waals surface area contributed by atoms with Crippen LogP contribution in [0.1, 0.15) is 59.1 Å². The van der Waals surface area contributed by atoms with E-state index in [1.54, 1.807) is 12.1 Å². The van der Waals surface area contributed by atoms with Gasteiger partial charge in [0.1, 0.15) is 0 Å². The number of halogens is 2. The van der Waals surface area contributed by atoms with Gasteiger partial charge in [0.2, 0.25) is 0 Å². The summed E-state index contributed by atoms with van der Waals surface area (Å²) in [5, 5.41) is 5.48. The summed E-state index contributed by atoms with van der Waals surface area (Å²) in [4.78, 5) is 0. The summed E-state index contributed by atoms with van der Waals surface area (Å²) in [6.07, 6.45) is 10.0. The molecule has 1 saturated heterocycles. The number of hydrogen-bond acceptors (Lipinski definition) is 0. The van der Waals surface area contributed by atoms with Crippen LogP contribution in [0.2, 0.25) is 12.1 Å². The molecule has 0 aromatic heterocycles. The van der Waals surface area contributed by atoms with Gasteiger partial charge in [-0.2, -0.15) is 6.08 Å². The van der Waals surface area contributed by atoms with Gasteiger partial charge in [0, 0.05) is 0 Å². The molecule has 0 amide bonds. The van der Waals surface area contributed by atoms with E-state index in [0.717, 1.165) is 6.42 Å². The Labute approximate surface area is 222 Å². The van der Waals surface area contributed by atoms with E-state index in [1.807, 2.05) is 35.5 Å². The molecule has 1 heterocycles. The Morgan fingerprint density at radius 3 is 1.50 bits per heavy atom. The number of rotatable bonds is 0. The van der Waals surface area contributed by atoms with Crippen LogP contribution in [0.4, 0.5) is 0 Å². The molecule has 0 saturated carbocycles. The van der Waals surface area contributed by atoms with Crippen LogP contribution >= 0.6 is 0 Å². The number of fused-ring (bicyclic) bond motifs is 3. The zero-order valence-electron chi connectivity index (χ0n) is 20.2. The summed E-state index contributed by atoms with van der Waals surface area (Å²) in [5.41, 5.74) is 3.67. The molecular weight excluding hydrogens is 527 g/mol. The minimum absolute atomic E-state index is 0. The van der Waals surface area contributed by atoms with Crippen LogP contribution in [0.25, 0.3) is 21.5 Å². The van der Waals surface area contributed by atoms with Gasteiger partial charge in [-0.05, 0) is 10.8 Å². The topological polar surface area (TPSA) is 0 Å². The third-order valence-electron chi connectivity index (χ3n) is 5.52. The van der Waals surface area contributed by atoms with E-state index in [1.165, 1.54) is 32.7 Å². The van der Waals surface area contributed by atoms with Crippen molar-refractivity contribution in [3.63, 3.8) is 0 Å². The molecule has 2 aliphatic rings. The van der Waals surface area contributed by atoms with Crippen LogP contribution in [0.15, 0.2) is 60.7 Å². The molecule has 3 aromatic carbocycles. The standard InChI is InChI=1S/C21H25.C5H5.C2H4Si.2ClH.Zr/c1-20(2,3)16-7-9-18-14(12-16)11-15-13-17(21(4,5)6)8-10-19(15)18;1-2-4-5-3-1;1-2-3-1;;;/h7-13H,1-6H3;1-3H,4H2;1-2H2;2*1H;/q2*-1;;;;+2/p-2. The molecule has 5 rings (SSSR count). The molecule has 170 valence electrons. The Bertz CT molecular complexity index is 1020. The Morgan fingerprint density at radius 2 is 1.25 bits per heavy atom. The second-order valence-electron chi connectivity index (χ2n) is 10.4. The quantitative estimate of drug-likeness (QED) is 0.292. The molecule has 0 N–H and O–H groups in total. The van der Waals surface area contributed by atoms with E-state index in [2.05, 4.69) is 96.2 Å². The van der Waals surface area contributed by atoms with Crippen molar-refractivity contribution >= 4 is 27.0 Å². The van der Waals surface area contributed by atoms with Crippen molar-refractivity contribution in [3.8, 4) is 0 Å². The van der Waals surface area contributed by atoms with Crippen LogP contribution in [0, 0.1) is 6.08 Å². The Morgan fingerprint density at radius 1 is 0.812 bits per heavy atom. The fourth-order valence-corrected chi connectivity index (χ4v) is 6.62. The van der Waals surface area contributed by atoms with E-state index >= 15 is 0 Å². The summed E-state index contributed by atoms with van der Waals surface area (Å²) in [6.45, 7) is 13.6. The zero-order chi connectivity index (χ0) is 21.9. The average molecular weight is 561 g/mol. The summed E-state index contributed by atoms with van der Waals surface area (Å²) in [5.74, 6) is 0. The van der Waals surface area contributed by atoms with Gasteiger partial charge in [0.05, 0.1) is 0 Å². The van der Waals surface area contributed by atoms with Crippen molar-refractivity contribution in [2.45, 2.75) is 70.9 Å². The van der Waals surface area contributed by atoms with Gasteiger partial charge in [0.25, 0.3) is 0 Å². The van der Waals surface area contributed by atoms with E-state index in [-0.39, 0.29) is 35.6 Å². The molecule has 1 fully saturated rings. The first kappa shape index (κ1) is 29.5. The first-order chi connectivity index (χ1) is 14.1. The Kier molecular flexibility index (Phi) is 11.3. The summed E-state index contributed by atoms with van der Waals surface area (Å²) >= 11 is 1.85. The van der Waals surface area contributed by atoms with E-state index in [4.69, 9.17) is 0 Å². The zero-order valence-corrected chi connectivity index (χ0v) is 25.1. The Hall–Kier alpha value is -0.530. The maximum atomic E-state index is 2.99. The second-order valence-corrected chi connectivity index (χ2v) is 17.8. The molecule has 32 heavy (non-hydrogen) atoms. The fourth-order valence-electron chi connectivity index (χ4n) is 3.36. The number of benzene rings is 2. The van der Waals surface area contributed by atoms with Crippen molar-refractivity contribution in [3.05, 3.63) is 77.9 Å². The van der Waals surface area contributed by atoms with Gasteiger partial charge in [-0.1, -0.05) is 76.9 Å². The van der Waals surface area contributed by atoms with E-state index in [0.29, 0.717) is 5.43 Å². The summed E-state index contributed by atoms with van der Waals surface area (Å²) < 4.78 is 0. The van der Waals surface area contributed by atoms with Crippen molar-refractivity contribution in [2.24, 2.45) is 0 Å². The molecule has 0 unspecified atom stereocenters. The molecule has 0 nitrogen and oxygen atoms in total. The van der Waals surface area contributed by atoms with Gasteiger partial charge in [-0.3, -0.25) is 6.08 Å². The number of allylic oxidation sites excluding steroid dienone is 4. The van der Waals surface area contributed by atoms with E-state index in [9.17, 15) is 0 Å². The van der Waals surface area contributed by atoms with Gasteiger partial charge >= 0.3 is 40.9 Å². The van der Waals surface area contributed by atoms with Crippen LogP contribution in [0.3, 0.4) is 0 Å². The Balaban J connectivity index is 0.000000387. The first-order valence-electron chi connectivity index (χ1n) is 11.0. The van der Waals surface area contributed by atoms with Crippen LogP contribution in [-0.2, 0) is 34.2 Å². The van der Waals surface area contributed by atoms with Crippen molar-refractivity contribution < 1.29 is 48.1 Å². The second kappa shape index (κ2) is 12.3. The van der Waals surface area contributed by atoms with Crippen LogP contribution in [-0.4, -0.2) is 5.43 Å². The molecule has 0 bridgehead atoms. The SMILES string of the molecule is CC(C)(C)c1ccc2c(c1)[cH-]c1cc(C(C)(C)C)ccc12.[C-]1=CC=CC1.[Cl-].[Cl-].[Zr+2]=[Si]1CC1. The van der Waals surface area contributed by atoms with Crippen molar-refractivity contribution in [1.82, 2.24) is 0 Å². The molecule has 0 spiro atoms. The number of hydrogen-bond donors (Lipinski definition) is 0. The third kappa shape index (κ3) is 8.35. The minimum atomic E-state index is 0. The van der Waals surface area contributed by atoms with Crippen LogP contribution < -0.4 is 24.8 Å². The molecule has 1 aliphatic heterocycles. The van der Waals surface area contributed by atoms with Crippen molar-refractivity contribution in [1.29, 1.82) is 0 Å².